The molecule has 1 aliphatic rings. The molecule has 0 spiro atoms. The first-order valence-electron chi connectivity index (χ1n) is 12.6. The molecule has 0 aliphatic carbocycles. The third-order valence-electron chi connectivity index (χ3n) is 6.79. The van der Waals surface area contributed by atoms with Crippen LogP contribution in [0, 0.1) is 0 Å². The normalized spacial score (nSPS) is 14.4. The van der Waals surface area contributed by atoms with Crippen molar-refractivity contribution < 1.29 is 22.4 Å². The largest absolute Gasteiger partial charge is 0.469 e. The molecular weight excluding hydrogens is 543 g/mol. The fraction of sp³-hybridized carbons (Fsp3) is 0.276. The van der Waals surface area contributed by atoms with Crippen LogP contribution in [0.25, 0.3) is 11.1 Å². The molecule has 1 saturated heterocycles. The molecule has 10 heteroatoms. The molecule has 0 atom stereocenters. The molecule has 5 nitrogen and oxygen atoms in total. The number of carbonyl (C=O) groups excluding carboxylic acids is 1. The number of likely N-dealkylation sites (tertiary alicyclic amines) is 1. The lowest BCUT2D eigenvalue weighted by Crippen LogP contribution is -2.37. The topological polar surface area (TPSA) is 58.4 Å². The summed E-state index contributed by atoms with van der Waals surface area (Å²) < 4.78 is 45.1. The van der Waals surface area contributed by atoms with Gasteiger partial charge in [-0.25, -0.2) is 4.98 Å². The van der Waals surface area contributed by atoms with Gasteiger partial charge in [0.25, 0.3) is 5.91 Å². The SMILES string of the molecule is O=C(Nc1ccccc1-c1cccc(C(F)(F)F)c1)c1csc(C2CCN(C(=S)CCc3ccco3)CC2)n1. The highest BCUT2D eigenvalue weighted by molar-refractivity contribution is 7.80. The van der Waals surface area contributed by atoms with Crippen molar-refractivity contribution in [3.05, 3.63) is 94.3 Å². The van der Waals surface area contributed by atoms with Crippen LogP contribution in [-0.2, 0) is 12.6 Å². The minimum atomic E-state index is -4.45. The second-order valence-electron chi connectivity index (χ2n) is 9.38. The number of amides is 1. The fourth-order valence-electron chi connectivity index (χ4n) is 4.69. The second kappa shape index (κ2) is 11.7. The van der Waals surface area contributed by atoms with E-state index in [-0.39, 0.29) is 5.92 Å². The highest BCUT2D eigenvalue weighted by atomic mass is 32.1. The molecule has 39 heavy (non-hydrogen) atoms. The number of hydrogen-bond acceptors (Lipinski definition) is 5. The zero-order chi connectivity index (χ0) is 27.4. The Kier molecular flexibility index (Phi) is 8.13. The quantitative estimate of drug-likeness (QED) is 0.230. The highest BCUT2D eigenvalue weighted by Crippen LogP contribution is 2.35. The van der Waals surface area contributed by atoms with Crippen LogP contribution in [-0.4, -0.2) is 33.9 Å². The summed E-state index contributed by atoms with van der Waals surface area (Å²) in [4.78, 5) is 20.8. The lowest BCUT2D eigenvalue weighted by atomic mass is 9.97. The number of thiocarbonyl (C=S) groups is 1. The average molecular weight is 570 g/mol. The van der Waals surface area contributed by atoms with Crippen LogP contribution in [0.15, 0.2) is 76.7 Å². The monoisotopic (exact) mass is 569 g/mol. The Balaban J connectivity index is 1.20. The first kappa shape index (κ1) is 27.1. The number of anilines is 1. The lowest BCUT2D eigenvalue weighted by molar-refractivity contribution is -0.137. The summed E-state index contributed by atoms with van der Waals surface area (Å²) in [5.74, 6) is 0.782. The molecule has 3 heterocycles. The predicted octanol–water partition coefficient (Wildman–Crippen LogP) is 7.81. The van der Waals surface area contributed by atoms with E-state index in [1.807, 2.05) is 12.1 Å². The molecule has 0 radical (unpaired) electrons. The van der Waals surface area contributed by atoms with Gasteiger partial charge >= 0.3 is 6.18 Å². The van der Waals surface area contributed by atoms with Crippen molar-refractivity contribution in [2.45, 2.75) is 37.8 Å². The van der Waals surface area contributed by atoms with Crippen LogP contribution in [0.3, 0.4) is 0 Å². The minimum absolute atomic E-state index is 0.248. The molecule has 202 valence electrons. The molecule has 0 bridgehead atoms. The summed E-state index contributed by atoms with van der Waals surface area (Å²) >= 11 is 7.09. The van der Waals surface area contributed by atoms with E-state index >= 15 is 0 Å². The number of rotatable bonds is 7. The van der Waals surface area contributed by atoms with E-state index in [9.17, 15) is 18.0 Å². The maximum atomic E-state index is 13.2. The van der Waals surface area contributed by atoms with Gasteiger partial charge in [-0.3, -0.25) is 4.79 Å². The first-order chi connectivity index (χ1) is 18.8. The van der Waals surface area contributed by atoms with Gasteiger partial charge in [-0.05, 0) is 48.7 Å². The van der Waals surface area contributed by atoms with E-state index in [0.717, 1.165) is 66.7 Å². The van der Waals surface area contributed by atoms with E-state index < -0.39 is 17.6 Å². The molecule has 1 fully saturated rings. The lowest BCUT2D eigenvalue weighted by Gasteiger charge is -2.33. The van der Waals surface area contributed by atoms with Crippen LogP contribution in [0.1, 0.15) is 52.0 Å². The van der Waals surface area contributed by atoms with Gasteiger partial charge in [-0.15, -0.1) is 11.3 Å². The van der Waals surface area contributed by atoms with Crippen molar-refractivity contribution in [3.63, 3.8) is 0 Å². The van der Waals surface area contributed by atoms with Crippen LogP contribution >= 0.6 is 23.6 Å². The van der Waals surface area contributed by atoms with Crippen LogP contribution in [0.4, 0.5) is 18.9 Å². The number of aryl methyl sites for hydroxylation is 1. The number of benzene rings is 2. The zero-order valence-electron chi connectivity index (χ0n) is 20.9. The van der Waals surface area contributed by atoms with Crippen molar-refractivity contribution in [2.75, 3.05) is 18.4 Å². The maximum absolute atomic E-state index is 13.2. The average Bonchev–Trinajstić information content (AvgIpc) is 3.65. The molecule has 5 rings (SSSR count). The Morgan fingerprint density at radius 2 is 1.90 bits per heavy atom. The number of nitrogens with one attached hydrogen (secondary N) is 1. The van der Waals surface area contributed by atoms with E-state index in [1.165, 1.54) is 17.4 Å². The molecule has 1 aliphatic heterocycles. The van der Waals surface area contributed by atoms with E-state index in [1.54, 1.807) is 42.0 Å². The maximum Gasteiger partial charge on any atom is 0.416 e. The van der Waals surface area contributed by atoms with Gasteiger partial charge in [-0.1, -0.05) is 42.5 Å². The highest BCUT2D eigenvalue weighted by Gasteiger charge is 2.31. The van der Waals surface area contributed by atoms with E-state index in [0.29, 0.717) is 22.5 Å². The molecule has 0 saturated carbocycles. The Bertz CT molecular complexity index is 1440. The van der Waals surface area contributed by atoms with Crippen molar-refractivity contribution in [1.82, 2.24) is 9.88 Å². The van der Waals surface area contributed by atoms with E-state index in [4.69, 9.17) is 16.6 Å². The number of halogens is 3. The summed E-state index contributed by atoms with van der Waals surface area (Å²) in [6.07, 6.45) is 0.570. The van der Waals surface area contributed by atoms with Gasteiger partial charge in [0.15, 0.2) is 0 Å². The smallest absolute Gasteiger partial charge is 0.416 e. The summed E-state index contributed by atoms with van der Waals surface area (Å²) in [5.41, 5.74) is 0.851. The Labute approximate surface area is 233 Å². The second-order valence-corrected chi connectivity index (χ2v) is 10.7. The number of alkyl halides is 3. The number of hydrogen-bond donors (Lipinski definition) is 1. The number of furan rings is 1. The molecule has 1 amide bonds. The Hall–Kier alpha value is -3.50. The Morgan fingerprint density at radius 3 is 2.64 bits per heavy atom. The van der Waals surface area contributed by atoms with E-state index in [2.05, 4.69) is 15.2 Å². The van der Waals surface area contributed by atoms with Gasteiger partial charge in [0.05, 0.1) is 21.8 Å². The van der Waals surface area contributed by atoms with Crippen LogP contribution in [0.2, 0.25) is 0 Å². The summed E-state index contributed by atoms with van der Waals surface area (Å²) in [6.45, 7) is 1.68. The van der Waals surface area contributed by atoms with Gasteiger partial charge in [0, 0.05) is 48.5 Å². The van der Waals surface area contributed by atoms with Gasteiger partial charge in [-0.2, -0.15) is 13.2 Å². The molecule has 2 aromatic carbocycles. The van der Waals surface area contributed by atoms with Crippen molar-refractivity contribution in [3.8, 4) is 11.1 Å². The number of aromatic nitrogens is 1. The summed E-state index contributed by atoms with van der Waals surface area (Å²) in [5, 5.41) is 5.48. The number of carbonyl (C=O) groups is 1. The molecular formula is C29H26F3N3O2S2. The first-order valence-corrected chi connectivity index (χ1v) is 13.9. The van der Waals surface area contributed by atoms with Crippen LogP contribution < -0.4 is 5.32 Å². The number of para-hydroxylation sites is 1. The number of thiazole rings is 1. The summed E-state index contributed by atoms with van der Waals surface area (Å²) in [6, 6.07) is 15.7. The number of nitrogens with zero attached hydrogens (tertiary/aromatic N) is 2. The standard InChI is InChI=1S/C29H26F3N3O2S2/c30-29(31,32)21-6-3-5-20(17-21)23-8-1-2-9-24(23)33-27(36)25-18-39-28(34-25)19-12-14-35(15-13-19)26(38)11-10-22-7-4-16-37-22/h1-9,16-19H,10-15H2,(H,33,36). The fourth-order valence-corrected chi connectivity index (χ4v) is 5.95. The molecule has 1 N–H and O–H groups in total. The Morgan fingerprint density at radius 1 is 1.10 bits per heavy atom. The van der Waals surface area contributed by atoms with Crippen molar-refractivity contribution in [1.29, 1.82) is 0 Å². The molecule has 2 aromatic heterocycles. The van der Waals surface area contributed by atoms with Gasteiger partial charge in [0.2, 0.25) is 0 Å². The third kappa shape index (κ3) is 6.57. The van der Waals surface area contributed by atoms with Crippen molar-refractivity contribution in [2.24, 2.45) is 0 Å². The zero-order valence-corrected chi connectivity index (χ0v) is 22.5. The molecule has 4 aromatic rings. The van der Waals surface area contributed by atoms with Gasteiger partial charge < -0.3 is 14.6 Å². The van der Waals surface area contributed by atoms with Gasteiger partial charge in [0.1, 0.15) is 11.5 Å². The number of piperidine rings is 1. The molecule has 0 unspecified atom stereocenters. The van der Waals surface area contributed by atoms with Crippen LogP contribution in [0.5, 0.6) is 0 Å². The third-order valence-corrected chi connectivity index (χ3v) is 8.26. The van der Waals surface area contributed by atoms with Crippen molar-refractivity contribution >= 4 is 40.1 Å². The summed E-state index contributed by atoms with van der Waals surface area (Å²) in [7, 11) is 0. The predicted molar refractivity (Wildman–Crippen MR) is 150 cm³/mol. The minimum Gasteiger partial charge on any atom is -0.469 e.